The highest BCUT2D eigenvalue weighted by atomic mass is 19.1. The molecular formula is C17H18FN3. The maximum Gasteiger partial charge on any atom is 0.194 e. The van der Waals surface area contributed by atoms with Crippen LogP contribution in [0.3, 0.4) is 0 Å². The zero-order chi connectivity index (χ0) is 14.7. The topological polar surface area (TPSA) is 27.6 Å². The average molecular weight is 283 g/mol. The Morgan fingerprint density at radius 3 is 2.76 bits per heavy atom. The summed E-state index contributed by atoms with van der Waals surface area (Å²) in [5, 5.41) is 3.42. The summed E-state index contributed by atoms with van der Waals surface area (Å²) >= 11 is 0. The summed E-state index contributed by atoms with van der Waals surface area (Å²) in [5.74, 6) is 0.650. The van der Waals surface area contributed by atoms with Gasteiger partial charge >= 0.3 is 0 Å². The fraction of sp³-hybridized carbons (Fsp3) is 0.235. The Hall–Kier alpha value is -2.36. The molecular weight excluding hydrogens is 265 g/mol. The number of guanidine groups is 1. The van der Waals surface area contributed by atoms with Crippen LogP contribution in [0.5, 0.6) is 0 Å². The molecule has 1 aliphatic rings. The van der Waals surface area contributed by atoms with Crippen LogP contribution in [0.25, 0.3) is 0 Å². The average Bonchev–Trinajstić information content (AvgIpc) is 2.98. The van der Waals surface area contributed by atoms with Crippen LogP contribution in [0.1, 0.15) is 17.2 Å². The minimum Gasteiger partial charge on any atom is -0.348 e. The van der Waals surface area contributed by atoms with Crippen LogP contribution in [0.2, 0.25) is 0 Å². The number of hydrogen-bond acceptors (Lipinski definition) is 3. The second kappa shape index (κ2) is 5.95. The monoisotopic (exact) mass is 283 g/mol. The Kier molecular flexibility index (Phi) is 3.86. The minimum atomic E-state index is -0.204. The second-order valence-electron chi connectivity index (χ2n) is 5.26. The molecule has 1 atom stereocenters. The van der Waals surface area contributed by atoms with Crippen LogP contribution in [-0.2, 0) is 6.54 Å². The van der Waals surface area contributed by atoms with E-state index < -0.39 is 0 Å². The molecule has 0 spiro atoms. The largest absolute Gasteiger partial charge is 0.348 e. The number of nitrogens with zero attached hydrogens (tertiary/aromatic N) is 2. The molecule has 21 heavy (non-hydrogen) atoms. The first-order valence-electron chi connectivity index (χ1n) is 7.04. The van der Waals surface area contributed by atoms with E-state index in [0.717, 1.165) is 18.1 Å². The Morgan fingerprint density at radius 1 is 1.19 bits per heavy atom. The molecule has 0 saturated heterocycles. The Balaban J connectivity index is 1.63. The van der Waals surface area contributed by atoms with Gasteiger partial charge in [-0.05, 0) is 23.3 Å². The van der Waals surface area contributed by atoms with E-state index in [4.69, 9.17) is 0 Å². The predicted molar refractivity (Wildman–Crippen MR) is 82.5 cm³/mol. The lowest BCUT2D eigenvalue weighted by Crippen LogP contribution is -2.36. The molecule has 0 radical (unpaired) electrons. The summed E-state index contributed by atoms with van der Waals surface area (Å²) < 4.78 is 13.2. The zero-order valence-electron chi connectivity index (χ0n) is 12.0. The van der Waals surface area contributed by atoms with E-state index in [2.05, 4.69) is 22.4 Å². The first-order valence-corrected chi connectivity index (χ1v) is 7.04. The first-order chi connectivity index (χ1) is 10.2. The van der Waals surface area contributed by atoms with Crippen LogP contribution in [0.15, 0.2) is 59.6 Å². The van der Waals surface area contributed by atoms with Gasteiger partial charge < -0.3 is 10.2 Å². The van der Waals surface area contributed by atoms with Gasteiger partial charge in [-0.1, -0.05) is 42.5 Å². The van der Waals surface area contributed by atoms with Crippen molar-refractivity contribution in [2.45, 2.75) is 12.6 Å². The van der Waals surface area contributed by atoms with Gasteiger partial charge in [0.2, 0.25) is 0 Å². The molecule has 3 rings (SSSR count). The molecule has 0 bridgehead atoms. The Bertz CT molecular complexity index is 639. The van der Waals surface area contributed by atoms with Crippen molar-refractivity contribution in [3.05, 3.63) is 71.5 Å². The standard InChI is InChI=1S/C17H18FN3/c1-21(12-13-6-5-9-15(18)10-13)17-19-11-16(20-17)14-7-3-2-4-8-14/h2-10,16H,11-12H2,1H3,(H,19,20). The fourth-order valence-electron chi connectivity index (χ4n) is 2.51. The van der Waals surface area contributed by atoms with Crippen molar-refractivity contribution in [1.29, 1.82) is 0 Å². The Labute approximate surface area is 124 Å². The molecule has 2 aromatic rings. The smallest absolute Gasteiger partial charge is 0.194 e. The highest BCUT2D eigenvalue weighted by Crippen LogP contribution is 2.18. The van der Waals surface area contributed by atoms with E-state index in [1.165, 1.54) is 11.6 Å². The quantitative estimate of drug-likeness (QED) is 0.938. The summed E-state index contributed by atoms with van der Waals surface area (Å²) in [4.78, 5) is 6.56. The lowest BCUT2D eigenvalue weighted by atomic mass is 10.1. The van der Waals surface area contributed by atoms with Crippen molar-refractivity contribution in [2.75, 3.05) is 13.6 Å². The van der Waals surface area contributed by atoms with Crippen molar-refractivity contribution in [3.63, 3.8) is 0 Å². The highest BCUT2D eigenvalue weighted by Gasteiger charge is 2.21. The molecule has 108 valence electrons. The van der Waals surface area contributed by atoms with Crippen molar-refractivity contribution >= 4 is 5.96 Å². The van der Waals surface area contributed by atoms with Crippen LogP contribution in [0, 0.1) is 5.82 Å². The molecule has 1 heterocycles. The molecule has 0 fully saturated rings. The SMILES string of the molecule is CN(Cc1cccc(F)c1)C1=NCC(c2ccccc2)N1. The number of nitrogens with one attached hydrogen (secondary N) is 1. The van der Waals surface area contributed by atoms with Gasteiger partial charge in [0, 0.05) is 13.6 Å². The number of hydrogen-bond donors (Lipinski definition) is 1. The van der Waals surface area contributed by atoms with Crippen molar-refractivity contribution in [2.24, 2.45) is 4.99 Å². The van der Waals surface area contributed by atoms with Gasteiger partial charge in [0.1, 0.15) is 5.82 Å². The second-order valence-corrected chi connectivity index (χ2v) is 5.26. The van der Waals surface area contributed by atoms with Crippen molar-refractivity contribution in [1.82, 2.24) is 10.2 Å². The van der Waals surface area contributed by atoms with Gasteiger partial charge in [0.05, 0.1) is 12.6 Å². The number of rotatable bonds is 3. The van der Waals surface area contributed by atoms with Gasteiger partial charge in [-0.15, -0.1) is 0 Å². The molecule has 4 heteroatoms. The number of aliphatic imine (C=N–C) groups is 1. The lowest BCUT2D eigenvalue weighted by Gasteiger charge is -2.21. The molecule has 1 aliphatic heterocycles. The van der Waals surface area contributed by atoms with Crippen molar-refractivity contribution in [3.8, 4) is 0 Å². The van der Waals surface area contributed by atoms with Crippen LogP contribution in [-0.4, -0.2) is 24.5 Å². The molecule has 0 aromatic heterocycles. The number of benzene rings is 2. The molecule has 3 nitrogen and oxygen atoms in total. The fourth-order valence-corrected chi connectivity index (χ4v) is 2.51. The van der Waals surface area contributed by atoms with E-state index >= 15 is 0 Å². The van der Waals surface area contributed by atoms with Gasteiger partial charge in [-0.2, -0.15) is 0 Å². The normalized spacial score (nSPS) is 17.2. The van der Waals surface area contributed by atoms with E-state index in [0.29, 0.717) is 6.54 Å². The Morgan fingerprint density at radius 2 is 2.00 bits per heavy atom. The van der Waals surface area contributed by atoms with Gasteiger partial charge in [0.15, 0.2) is 5.96 Å². The molecule has 0 amide bonds. The summed E-state index contributed by atoms with van der Waals surface area (Å²) in [6.07, 6.45) is 0. The summed E-state index contributed by atoms with van der Waals surface area (Å²) in [6.45, 7) is 1.36. The van der Waals surface area contributed by atoms with Crippen LogP contribution < -0.4 is 5.32 Å². The van der Waals surface area contributed by atoms with Gasteiger partial charge in [-0.25, -0.2) is 4.39 Å². The summed E-state index contributed by atoms with van der Waals surface area (Å²) in [6, 6.07) is 17.2. The molecule has 1 N–H and O–H groups in total. The third-order valence-corrected chi connectivity index (χ3v) is 3.60. The first kappa shape index (κ1) is 13.6. The molecule has 1 unspecified atom stereocenters. The predicted octanol–water partition coefficient (Wildman–Crippen LogP) is 2.96. The van der Waals surface area contributed by atoms with Crippen LogP contribution >= 0.6 is 0 Å². The van der Waals surface area contributed by atoms with Gasteiger partial charge in [0.25, 0.3) is 0 Å². The maximum absolute atomic E-state index is 13.2. The minimum absolute atomic E-state index is 0.204. The van der Waals surface area contributed by atoms with E-state index in [9.17, 15) is 4.39 Å². The van der Waals surface area contributed by atoms with E-state index in [-0.39, 0.29) is 11.9 Å². The third-order valence-electron chi connectivity index (χ3n) is 3.60. The van der Waals surface area contributed by atoms with E-state index in [1.54, 1.807) is 12.1 Å². The summed E-state index contributed by atoms with van der Waals surface area (Å²) in [5.41, 5.74) is 2.17. The molecule has 0 saturated carbocycles. The molecule has 2 aromatic carbocycles. The molecule has 0 aliphatic carbocycles. The highest BCUT2D eigenvalue weighted by molar-refractivity contribution is 5.82. The van der Waals surface area contributed by atoms with Crippen molar-refractivity contribution < 1.29 is 4.39 Å². The maximum atomic E-state index is 13.2. The lowest BCUT2D eigenvalue weighted by molar-refractivity contribution is 0.478. The number of halogens is 1. The van der Waals surface area contributed by atoms with Crippen LogP contribution in [0.4, 0.5) is 4.39 Å². The third kappa shape index (κ3) is 3.21. The van der Waals surface area contributed by atoms with E-state index in [1.807, 2.05) is 36.2 Å². The zero-order valence-corrected chi connectivity index (χ0v) is 12.0. The summed E-state index contributed by atoms with van der Waals surface area (Å²) in [7, 11) is 1.96. The van der Waals surface area contributed by atoms with Gasteiger partial charge in [-0.3, -0.25) is 4.99 Å².